The predicted molar refractivity (Wildman–Crippen MR) is 64.1 cm³/mol. The number of rotatable bonds is 4. The zero-order valence-electron chi connectivity index (χ0n) is 9.64. The summed E-state index contributed by atoms with van der Waals surface area (Å²) in [5.41, 5.74) is -1.34. The zero-order valence-corrected chi connectivity index (χ0v) is 9.64. The van der Waals surface area contributed by atoms with Crippen LogP contribution in [-0.2, 0) is 0 Å². The van der Waals surface area contributed by atoms with Crippen LogP contribution in [0.4, 0.5) is 17.3 Å². The van der Waals surface area contributed by atoms with Crippen LogP contribution in [0, 0.1) is 20.2 Å². The fraction of sp³-hybridized carbons (Fsp3) is 0. The number of hydrogen-bond acceptors (Lipinski definition) is 7. The Morgan fingerprint density at radius 3 is 2.20 bits per heavy atom. The molecule has 11 heteroatoms. The van der Waals surface area contributed by atoms with E-state index in [1.54, 1.807) is 0 Å². The average Bonchev–Trinajstić information content (AvgIpc) is 2.90. The van der Waals surface area contributed by atoms with Gasteiger partial charge in [-0.2, -0.15) is 10.1 Å². The first-order chi connectivity index (χ1) is 9.47. The predicted octanol–water partition coefficient (Wildman–Crippen LogP) is 0.873. The van der Waals surface area contributed by atoms with Crippen molar-refractivity contribution < 1.29 is 14.6 Å². The normalized spacial score (nSPS) is 10.0. The third-order valence-corrected chi connectivity index (χ3v) is 2.23. The van der Waals surface area contributed by atoms with Crippen molar-refractivity contribution in [2.75, 3.05) is 5.32 Å². The molecular weight excluding hydrogens is 272 g/mol. The van der Waals surface area contributed by atoms with Gasteiger partial charge in [-0.1, -0.05) is 0 Å². The van der Waals surface area contributed by atoms with E-state index in [2.05, 4.69) is 20.5 Å². The molecule has 0 bridgehead atoms. The Bertz CT molecular complexity index is 650. The third kappa shape index (κ3) is 2.72. The molecule has 2 N–H and O–H groups in total. The maximum atomic E-state index is 11.8. The largest absolute Gasteiger partial charge is 0.291 e. The molecule has 2 aromatic rings. The van der Waals surface area contributed by atoms with Crippen LogP contribution < -0.4 is 5.32 Å². The van der Waals surface area contributed by atoms with E-state index in [9.17, 15) is 25.0 Å². The Balaban J connectivity index is 2.37. The molecule has 0 saturated carbocycles. The number of aromatic amines is 1. The summed E-state index contributed by atoms with van der Waals surface area (Å²) in [4.78, 5) is 35.2. The second-order valence-electron chi connectivity index (χ2n) is 3.54. The van der Waals surface area contributed by atoms with Crippen LogP contribution in [0.2, 0.25) is 0 Å². The number of nitro groups is 2. The zero-order chi connectivity index (χ0) is 14.7. The van der Waals surface area contributed by atoms with E-state index in [0.29, 0.717) is 0 Å². The molecule has 0 unspecified atom stereocenters. The molecule has 102 valence electrons. The molecular formula is C9H6N6O5. The van der Waals surface area contributed by atoms with Crippen LogP contribution in [0.5, 0.6) is 0 Å². The number of hydrogen-bond donors (Lipinski definition) is 2. The summed E-state index contributed by atoms with van der Waals surface area (Å²) in [5.74, 6) is -0.766. The fourth-order valence-corrected chi connectivity index (χ4v) is 1.38. The number of carbonyl (C=O) groups excluding carboxylic acids is 1. The molecule has 0 spiro atoms. The number of anilines is 1. The van der Waals surface area contributed by atoms with Gasteiger partial charge in [-0.05, 0) is 0 Å². The highest BCUT2D eigenvalue weighted by Gasteiger charge is 2.20. The first-order valence-corrected chi connectivity index (χ1v) is 5.08. The van der Waals surface area contributed by atoms with E-state index in [-0.39, 0.29) is 11.5 Å². The van der Waals surface area contributed by atoms with E-state index in [1.165, 1.54) is 0 Å². The topological polar surface area (TPSA) is 157 Å². The summed E-state index contributed by atoms with van der Waals surface area (Å²) < 4.78 is 0. The quantitative estimate of drug-likeness (QED) is 0.620. The van der Waals surface area contributed by atoms with Gasteiger partial charge in [-0.3, -0.25) is 30.3 Å². The van der Waals surface area contributed by atoms with Gasteiger partial charge in [0.2, 0.25) is 5.95 Å². The number of benzene rings is 1. The molecule has 1 heterocycles. The maximum Gasteiger partial charge on any atom is 0.277 e. The minimum atomic E-state index is -0.821. The molecule has 20 heavy (non-hydrogen) atoms. The summed E-state index contributed by atoms with van der Waals surface area (Å²) in [7, 11) is 0. The lowest BCUT2D eigenvalue weighted by atomic mass is 10.1. The van der Waals surface area contributed by atoms with Crippen molar-refractivity contribution in [2.24, 2.45) is 0 Å². The third-order valence-electron chi connectivity index (χ3n) is 2.23. The van der Waals surface area contributed by atoms with Crippen LogP contribution in [0.25, 0.3) is 0 Å². The Morgan fingerprint density at radius 1 is 1.15 bits per heavy atom. The Labute approximate surface area is 109 Å². The summed E-state index contributed by atoms with van der Waals surface area (Å²) >= 11 is 0. The first kappa shape index (κ1) is 13.1. The van der Waals surface area contributed by atoms with Crippen LogP contribution in [0.15, 0.2) is 24.5 Å². The minimum Gasteiger partial charge on any atom is -0.291 e. The van der Waals surface area contributed by atoms with Crippen molar-refractivity contribution >= 4 is 23.2 Å². The van der Waals surface area contributed by atoms with E-state index in [4.69, 9.17) is 0 Å². The Kier molecular flexibility index (Phi) is 3.33. The van der Waals surface area contributed by atoms with Gasteiger partial charge >= 0.3 is 0 Å². The van der Waals surface area contributed by atoms with Gasteiger partial charge in [0.25, 0.3) is 17.3 Å². The lowest BCUT2D eigenvalue weighted by molar-refractivity contribution is -0.394. The lowest BCUT2D eigenvalue weighted by Crippen LogP contribution is -2.13. The number of nitrogens with zero attached hydrogens (tertiary/aromatic N) is 4. The molecule has 0 saturated heterocycles. The summed E-state index contributed by atoms with van der Waals surface area (Å²) in [6.45, 7) is 0. The summed E-state index contributed by atoms with van der Waals surface area (Å²) in [5, 5.41) is 29.5. The van der Waals surface area contributed by atoms with Crippen molar-refractivity contribution in [2.45, 2.75) is 0 Å². The van der Waals surface area contributed by atoms with E-state index in [1.807, 2.05) is 0 Å². The lowest BCUT2D eigenvalue weighted by Gasteiger charge is -2.02. The number of non-ortho nitro benzene ring substituents is 2. The highest BCUT2D eigenvalue weighted by atomic mass is 16.6. The van der Waals surface area contributed by atoms with Crippen molar-refractivity contribution in [1.29, 1.82) is 0 Å². The summed E-state index contributed by atoms with van der Waals surface area (Å²) in [6, 6.07) is 2.63. The average molecular weight is 278 g/mol. The molecule has 0 radical (unpaired) electrons. The van der Waals surface area contributed by atoms with Crippen LogP contribution in [-0.4, -0.2) is 30.9 Å². The Hall–Kier alpha value is -3.37. The SMILES string of the molecule is O=C(Nc1ncn[nH]1)c1cc([N+](=O)[O-])cc([N+](=O)[O-])c1. The van der Waals surface area contributed by atoms with Gasteiger partial charge in [0.05, 0.1) is 21.5 Å². The van der Waals surface area contributed by atoms with Crippen LogP contribution in [0.1, 0.15) is 10.4 Å². The smallest absolute Gasteiger partial charge is 0.277 e. The number of carbonyl (C=O) groups is 1. The number of aromatic nitrogens is 3. The van der Waals surface area contributed by atoms with Crippen molar-refractivity contribution in [3.8, 4) is 0 Å². The van der Waals surface area contributed by atoms with Gasteiger partial charge in [0.15, 0.2) is 0 Å². The molecule has 0 aliphatic carbocycles. The molecule has 0 atom stereocenters. The van der Waals surface area contributed by atoms with Gasteiger partial charge in [-0.15, -0.1) is 0 Å². The minimum absolute atomic E-state index is 0.0177. The standard InChI is InChI=1S/C9H6N6O5/c16-8(12-9-10-4-11-13-9)5-1-6(14(17)18)3-7(2-5)15(19)20/h1-4H,(H2,10,11,12,13,16). The molecule has 0 aliphatic heterocycles. The number of amides is 1. The van der Waals surface area contributed by atoms with Crippen LogP contribution in [0.3, 0.4) is 0 Å². The molecule has 11 nitrogen and oxygen atoms in total. The first-order valence-electron chi connectivity index (χ1n) is 5.08. The monoisotopic (exact) mass is 278 g/mol. The fourth-order valence-electron chi connectivity index (χ4n) is 1.38. The Morgan fingerprint density at radius 2 is 1.75 bits per heavy atom. The molecule has 1 aromatic carbocycles. The highest BCUT2D eigenvalue weighted by Crippen LogP contribution is 2.23. The highest BCUT2D eigenvalue weighted by molar-refractivity contribution is 6.04. The van der Waals surface area contributed by atoms with Gasteiger partial charge in [-0.25, -0.2) is 5.10 Å². The molecule has 1 amide bonds. The molecule has 0 aliphatic rings. The van der Waals surface area contributed by atoms with Crippen LogP contribution >= 0.6 is 0 Å². The summed E-state index contributed by atoms with van der Waals surface area (Å²) in [6.07, 6.45) is 1.14. The van der Waals surface area contributed by atoms with E-state index in [0.717, 1.165) is 24.5 Å². The second kappa shape index (κ2) is 5.09. The van der Waals surface area contributed by atoms with E-state index >= 15 is 0 Å². The number of nitrogens with one attached hydrogen (secondary N) is 2. The number of nitro benzene ring substituents is 2. The molecule has 2 rings (SSSR count). The van der Waals surface area contributed by atoms with E-state index < -0.39 is 27.1 Å². The van der Waals surface area contributed by atoms with Gasteiger partial charge in [0.1, 0.15) is 6.33 Å². The maximum absolute atomic E-state index is 11.8. The number of H-pyrrole nitrogens is 1. The van der Waals surface area contributed by atoms with Crippen molar-refractivity contribution in [3.63, 3.8) is 0 Å². The molecule has 1 aromatic heterocycles. The van der Waals surface area contributed by atoms with Crippen molar-refractivity contribution in [1.82, 2.24) is 15.2 Å². The van der Waals surface area contributed by atoms with Gasteiger partial charge in [0, 0.05) is 12.1 Å². The second-order valence-corrected chi connectivity index (χ2v) is 3.54. The van der Waals surface area contributed by atoms with Gasteiger partial charge < -0.3 is 0 Å². The van der Waals surface area contributed by atoms with Crippen molar-refractivity contribution in [3.05, 3.63) is 50.3 Å². The molecule has 0 fully saturated rings.